The average molecular weight is 266 g/mol. The van der Waals surface area contributed by atoms with Gasteiger partial charge in [0.05, 0.1) is 14.2 Å². The number of carboxylic acid groups (broad SMARTS) is 1. The van der Waals surface area contributed by atoms with Crippen LogP contribution in [0.3, 0.4) is 0 Å². The van der Waals surface area contributed by atoms with Crippen LogP contribution < -0.4 is 14.2 Å². The first kappa shape index (κ1) is 13.5. The summed E-state index contributed by atoms with van der Waals surface area (Å²) in [5.74, 6) is 0.442. The van der Waals surface area contributed by atoms with Crippen molar-refractivity contribution >= 4 is 5.97 Å². The number of carbonyl (C=O) groups is 1. The summed E-state index contributed by atoms with van der Waals surface area (Å²) in [5.41, 5.74) is -1.14. The number of methoxy groups -OCH3 is 2. The van der Waals surface area contributed by atoms with Crippen molar-refractivity contribution in [2.75, 3.05) is 14.2 Å². The van der Waals surface area contributed by atoms with E-state index in [1.807, 2.05) is 0 Å². The highest BCUT2D eigenvalue weighted by molar-refractivity contribution is 5.78. The highest BCUT2D eigenvalue weighted by atomic mass is 16.6. The molecule has 0 bridgehead atoms. The molecule has 0 amide bonds. The van der Waals surface area contributed by atoms with Gasteiger partial charge >= 0.3 is 5.97 Å². The van der Waals surface area contributed by atoms with Crippen LogP contribution in [-0.4, -0.2) is 30.9 Å². The summed E-state index contributed by atoms with van der Waals surface area (Å²) in [4.78, 5) is 11.5. The normalized spacial score (nSPS) is 16.9. The van der Waals surface area contributed by atoms with Gasteiger partial charge < -0.3 is 19.3 Å². The van der Waals surface area contributed by atoms with Crippen molar-refractivity contribution in [3.05, 3.63) is 18.2 Å². The third-order valence-electron chi connectivity index (χ3n) is 3.47. The van der Waals surface area contributed by atoms with Crippen molar-refractivity contribution in [2.45, 2.75) is 31.3 Å². The molecule has 0 unspecified atom stereocenters. The molecule has 1 aliphatic carbocycles. The van der Waals surface area contributed by atoms with Crippen LogP contribution in [0.1, 0.15) is 25.7 Å². The van der Waals surface area contributed by atoms with Crippen LogP contribution in [0.2, 0.25) is 0 Å². The van der Waals surface area contributed by atoms with Gasteiger partial charge in [0.15, 0.2) is 11.5 Å². The number of ether oxygens (including phenoxy) is 3. The van der Waals surface area contributed by atoms with E-state index in [9.17, 15) is 9.90 Å². The van der Waals surface area contributed by atoms with Crippen molar-refractivity contribution in [1.29, 1.82) is 0 Å². The molecule has 0 radical (unpaired) electrons. The lowest BCUT2D eigenvalue weighted by atomic mass is 10.0. The lowest BCUT2D eigenvalue weighted by Crippen LogP contribution is -2.41. The topological polar surface area (TPSA) is 65.0 Å². The maximum atomic E-state index is 11.5. The Kier molecular flexibility index (Phi) is 3.83. The number of aliphatic carboxylic acids is 1. The summed E-state index contributed by atoms with van der Waals surface area (Å²) in [6.07, 6.45) is 2.75. The monoisotopic (exact) mass is 266 g/mol. The lowest BCUT2D eigenvalue weighted by Gasteiger charge is -2.26. The van der Waals surface area contributed by atoms with Gasteiger partial charge in [-0.2, -0.15) is 0 Å². The van der Waals surface area contributed by atoms with E-state index in [-0.39, 0.29) is 0 Å². The third kappa shape index (κ3) is 2.45. The first-order chi connectivity index (χ1) is 9.13. The zero-order valence-electron chi connectivity index (χ0n) is 11.1. The summed E-state index contributed by atoms with van der Waals surface area (Å²) in [5, 5.41) is 9.42. The molecule has 1 aromatic rings. The van der Waals surface area contributed by atoms with Crippen LogP contribution in [0, 0.1) is 0 Å². The van der Waals surface area contributed by atoms with Gasteiger partial charge in [0.2, 0.25) is 11.4 Å². The fraction of sp³-hybridized carbons (Fsp3) is 0.500. The fourth-order valence-corrected chi connectivity index (χ4v) is 2.45. The summed E-state index contributed by atoms with van der Waals surface area (Å²) < 4.78 is 16.2. The standard InChI is InChI=1S/C14H18O5/c1-17-10-6-5-7-11(12(10)18-2)19-14(13(15)16)8-3-4-9-14/h5-7H,3-4,8-9H2,1-2H3,(H,15,16). The third-order valence-corrected chi connectivity index (χ3v) is 3.47. The quantitative estimate of drug-likeness (QED) is 0.887. The molecule has 1 aromatic carbocycles. The number of carboxylic acids is 1. The van der Waals surface area contributed by atoms with E-state index in [2.05, 4.69) is 0 Å². The Hall–Kier alpha value is -1.91. The van der Waals surface area contributed by atoms with Crippen LogP contribution >= 0.6 is 0 Å². The zero-order valence-corrected chi connectivity index (χ0v) is 11.1. The van der Waals surface area contributed by atoms with Crippen LogP contribution in [-0.2, 0) is 4.79 Å². The van der Waals surface area contributed by atoms with Gasteiger partial charge in [-0.1, -0.05) is 6.07 Å². The molecular weight excluding hydrogens is 248 g/mol. The summed E-state index contributed by atoms with van der Waals surface area (Å²) in [6.45, 7) is 0. The zero-order chi connectivity index (χ0) is 13.9. The molecule has 104 valence electrons. The number of para-hydroxylation sites is 1. The lowest BCUT2D eigenvalue weighted by molar-refractivity contribution is -0.154. The highest BCUT2D eigenvalue weighted by Crippen LogP contribution is 2.42. The predicted molar refractivity (Wildman–Crippen MR) is 69.0 cm³/mol. The second kappa shape index (κ2) is 5.38. The molecule has 1 N–H and O–H groups in total. The minimum atomic E-state index is -1.14. The molecule has 0 aromatic heterocycles. The maximum absolute atomic E-state index is 11.5. The first-order valence-electron chi connectivity index (χ1n) is 6.26. The van der Waals surface area contributed by atoms with Crippen molar-refractivity contribution in [3.63, 3.8) is 0 Å². The minimum absolute atomic E-state index is 0.408. The van der Waals surface area contributed by atoms with E-state index in [1.165, 1.54) is 14.2 Å². The van der Waals surface area contributed by atoms with E-state index < -0.39 is 11.6 Å². The molecule has 19 heavy (non-hydrogen) atoms. The van der Waals surface area contributed by atoms with E-state index in [0.29, 0.717) is 30.1 Å². The summed E-state index contributed by atoms with van der Waals surface area (Å²) >= 11 is 0. The fourth-order valence-electron chi connectivity index (χ4n) is 2.45. The molecule has 1 aliphatic rings. The number of rotatable bonds is 5. The second-order valence-corrected chi connectivity index (χ2v) is 4.60. The van der Waals surface area contributed by atoms with E-state index >= 15 is 0 Å². The molecule has 0 atom stereocenters. The maximum Gasteiger partial charge on any atom is 0.348 e. The van der Waals surface area contributed by atoms with Crippen molar-refractivity contribution in [1.82, 2.24) is 0 Å². The smallest absolute Gasteiger partial charge is 0.348 e. The van der Waals surface area contributed by atoms with Gasteiger partial charge in [-0.3, -0.25) is 0 Å². The molecule has 5 heteroatoms. The van der Waals surface area contributed by atoms with Crippen LogP contribution in [0.25, 0.3) is 0 Å². The predicted octanol–water partition coefficient (Wildman–Crippen LogP) is 2.48. The SMILES string of the molecule is COc1cccc(OC2(C(=O)O)CCCC2)c1OC. The van der Waals surface area contributed by atoms with Crippen LogP contribution in [0.15, 0.2) is 18.2 Å². The summed E-state index contributed by atoms with van der Waals surface area (Å²) in [6, 6.07) is 5.19. The van der Waals surface area contributed by atoms with E-state index in [1.54, 1.807) is 18.2 Å². The van der Waals surface area contributed by atoms with Gasteiger partial charge in [0, 0.05) is 0 Å². The van der Waals surface area contributed by atoms with Gasteiger partial charge in [-0.15, -0.1) is 0 Å². The first-order valence-corrected chi connectivity index (χ1v) is 6.26. The molecule has 0 saturated heterocycles. The van der Waals surface area contributed by atoms with Crippen LogP contribution in [0.4, 0.5) is 0 Å². The van der Waals surface area contributed by atoms with Crippen molar-refractivity contribution < 1.29 is 24.1 Å². The molecule has 1 fully saturated rings. The van der Waals surface area contributed by atoms with Gasteiger partial charge in [0.1, 0.15) is 0 Å². The van der Waals surface area contributed by atoms with E-state index in [4.69, 9.17) is 14.2 Å². The Balaban J connectivity index is 2.34. The van der Waals surface area contributed by atoms with Gasteiger partial charge in [0.25, 0.3) is 0 Å². The average Bonchev–Trinajstić information content (AvgIpc) is 2.88. The number of hydrogen-bond acceptors (Lipinski definition) is 4. The van der Waals surface area contributed by atoms with Gasteiger partial charge in [-0.25, -0.2) is 4.79 Å². The Bertz CT molecular complexity index is 463. The molecule has 2 rings (SSSR count). The molecule has 5 nitrogen and oxygen atoms in total. The largest absolute Gasteiger partial charge is 0.493 e. The summed E-state index contributed by atoms with van der Waals surface area (Å²) in [7, 11) is 3.04. The molecule has 0 spiro atoms. The molecule has 0 aliphatic heterocycles. The Labute approximate surface area is 112 Å². The molecule has 1 saturated carbocycles. The highest BCUT2D eigenvalue weighted by Gasteiger charge is 2.44. The second-order valence-electron chi connectivity index (χ2n) is 4.60. The molecular formula is C14H18O5. The van der Waals surface area contributed by atoms with Crippen molar-refractivity contribution in [3.8, 4) is 17.2 Å². The Morgan fingerprint density at radius 3 is 2.32 bits per heavy atom. The van der Waals surface area contributed by atoms with Gasteiger partial charge in [-0.05, 0) is 37.8 Å². The Morgan fingerprint density at radius 1 is 1.16 bits per heavy atom. The number of hydrogen-bond donors (Lipinski definition) is 1. The van der Waals surface area contributed by atoms with Crippen LogP contribution in [0.5, 0.6) is 17.2 Å². The molecule has 0 heterocycles. The Morgan fingerprint density at radius 2 is 1.79 bits per heavy atom. The van der Waals surface area contributed by atoms with E-state index in [0.717, 1.165) is 12.8 Å². The van der Waals surface area contributed by atoms with Crippen molar-refractivity contribution in [2.24, 2.45) is 0 Å². The number of benzene rings is 1. The minimum Gasteiger partial charge on any atom is -0.493 e.